The molecular formula is C6H11IN3O-. The van der Waals surface area contributed by atoms with Gasteiger partial charge in [-0.05, 0) is 0 Å². The fraction of sp³-hybridized carbons (Fsp3) is 0.667. The van der Waals surface area contributed by atoms with Crippen LogP contribution in [0.5, 0.6) is 0 Å². The van der Waals surface area contributed by atoms with Gasteiger partial charge in [0.2, 0.25) is 0 Å². The van der Waals surface area contributed by atoms with Crippen molar-refractivity contribution >= 4 is 0 Å². The van der Waals surface area contributed by atoms with Gasteiger partial charge in [-0.25, -0.2) is 0 Å². The first-order valence-corrected chi connectivity index (χ1v) is 6.45. The number of hydrogen-bond acceptors (Lipinski definition) is 2. The zero-order chi connectivity index (χ0) is 8.48. The molecule has 0 saturated heterocycles. The standard InChI is InChI=1S/C6H11IN3O/c1-6(2,7-3)4-8-5(11)10-9-4/h1-3H3,(H2,8,9,10,11)/q-1. The molecule has 0 atom stereocenters. The number of alkyl halides is 2. The van der Waals surface area contributed by atoms with E-state index in [2.05, 4.69) is 34.0 Å². The Kier molecular flexibility index (Phi) is 2.36. The van der Waals surface area contributed by atoms with Gasteiger partial charge in [0.15, 0.2) is 0 Å². The first-order valence-electron chi connectivity index (χ1n) is 3.22. The molecule has 11 heavy (non-hydrogen) atoms. The second-order valence-electron chi connectivity index (χ2n) is 2.69. The second kappa shape index (κ2) is 2.96. The summed E-state index contributed by atoms with van der Waals surface area (Å²) in [5.74, 6) is 0.776. The van der Waals surface area contributed by atoms with Gasteiger partial charge in [-0.2, -0.15) is 0 Å². The summed E-state index contributed by atoms with van der Waals surface area (Å²) in [6, 6.07) is 0. The van der Waals surface area contributed by atoms with E-state index < -0.39 is 0 Å². The van der Waals surface area contributed by atoms with Crippen molar-refractivity contribution in [3.8, 4) is 0 Å². The Bertz CT molecular complexity index is 288. The summed E-state index contributed by atoms with van der Waals surface area (Å²) in [6.07, 6.45) is 0. The van der Waals surface area contributed by atoms with Gasteiger partial charge in [-0.1, -0.05) is 0 Å². The van der Waals surface area contributed by atoms with Crippen molar-refractivity contribution in [3.63, 3.8) is 0 Å². The molecular weight excluding hydrogens is 257 g/mol. The SMILES string of the molecule is C[I-]C(C)(C)c1n[nH]c(=O)[nH]1. The van der Waals surface area contributed by atoms with Crippen LogP contribution in [0.2, 0.25) is 0 Å². The molecule has 0 aliphatic heterocycles. The summed E-state index contributed by atoms with van der Waals surface area (Å²) in [4.78, 5) is 15.5. The molecule has 0 saturated carbocycles. The molecule has 0 aliphatic rings. The van der Waals surface area contributed by atoms with E-state index in [1.807, 2.05) is 0 Å². The average Bonchev–Trinajstić information content (AvgIpc) is 2.36. The average molecular weight is 268 g/mol. The predicted octanol–water partition coefficient (Wildman–Crippen LogP) is -2.95. The molecule has 5 heteroatoms. The molecule has 1 rings (SSSR count). The minimum atomic E-state index is -0.217. The van der Waals surface area contributed by atoms with Crippen LogP contribution in [-0.2, 0) is 3.42 Å². The molecule has 0 aromatic carbocycles. The number of nitrogens with one attached hydrogen (secondary N) is 2. The first kappa shape index (κ1) is 8.76. The van der Waals surface area contributed by atoms with Gasteiger partial charge in [-0.15, -0.1) is 0 Å². The van der Waals surface area contributed by atoms with Crippen LogP contribution >= 0.6 is 0 Å². The van der Waals surface area contributed by atoms with Crippen molar-refractivity contribution in [2.45, 2.75) is 17.3 Å². The molecule has 2 N–H and O–H groups in total. The van der Waals surface area contributed by atoms with Crippen LogP contribution in [0, 0.1) is 0 Å². The Morgan fingerprint density at radius 2 is 2.18 bits per heavy atom. The van der Waals surface area contributed by atoms with Crippen LogP contribution in [0.15, 0.2) is 4.79 Å². The van der Waals surface area contributed by atoms with E-state index >= 15 is 0 Å². The Morgan fingerprint density at radius 1 is 1.55 bits per heavy atom. The van der Waals surface area contributed by atoms with Gasteiger partial charge in [0.1, 0.15) is 0 Å². The topological polar surface area (TPSA) is 61.5 Å². The summed E-state index contributed by atoms with van der Waals surface area (Å²) in [5.41, 5.74) is -0.217. The van der Waals surface area contributed by atoms with E-state index in [-0.39, 0.29) is 30.3 Å². The Balaban J connectivity index is 3.01. The summed E-state index contributed by atoms with van der Waals surface area (Å²) in [5, 5.41) is 6.26. The molecule has 0 radical (unpaired) electrons. The van der Waals surface area contributed by atoms with Crippen molar-refractivity contribution in [3.05, 3.63) is 16.3 Å². The number of hydrogen-bond donors (Lipinski definition) is 2. The van der Waals surface area contributed by atoms with Crippen molar-refractivity contribution < 1.29 is 21.2 Å². The van der Waals surface area contributed by atoms with Crippen LogP contribution < -0.4 is 26.9 Å². The normalized spacial score (nSPS) is 12.3. The molecule has 0 amide bonds. The number of H-pyrrole nitrogens is 2. The predicted molar refractivity (Wildman–Crippen MR) is 38.2 cm³/mol. The summed E-state index contributed by atoms with van der Waals surface area (Å²) in [6.45, 7) is 4.18. The van der Waals surface area contributed by atoms with E-state index in [4.69, 9.17) is 0 Å². The molecule has 0 spiro atoms. The molecule has 1 aromatic rings. The van der Waals surface area contributed by atoms with E-state index in [0.717, 1.165) is 5.82 Å². The number of aromatic amines is 2. The maximum atomic E-state index is 10.7. The van der Waals surface area contributed by atoms with E-state index in [1.165, 1.54) is 0 Å². The third-order valence-corrected chi connectivity index (χ3v) is 4.74. The van der Waals surface area contributed by atoms with E-state index in [9.17, 15) is 4.79 Å². The molecule has 0 bridgehead atoms. The van der Waals surface area contributed by atoms with Crippen LogP contribution in [0.4, 0.5) is 0 Å². The quantitative estimate of drug-likeness (QED) is 0.445. The zero-order valence-electron chi connectivity index (χ0n) is 6.73. The number of rotatable bonds is 2. The molecule has 64 valence electrons. The summed E-state index contributed by atoms with van der Waals surface area (Å²) < 4.78 is 0.0675. The molecule has 0 fully saturated rings. The molecule has 0 unspecified atom stereocenters. The fourth-order valence-corrected chi connectivity index (χ4v) is 1.41. The second-order valence-corrected chi connectivity index (χ2v) is 6.46. The molecule has 1 aromatic heterocycles. The molecule has 0 aliphatic carbocycles. The fourth-order valence-electron chi connectivity index (χ4n) is 0.641. The van der Waals surface area contributed by atoms with Crippen molar-refractivity contribution in [1.82, 2.24) is 15.2 Å². The van der Waals surface area contributed by atoms with Gasteiger partial charge in [0.05, 0.1) is 0 Å². The Hall–Kier alpha value is -0.330. The van der Waals surface area contributed by atoms with E-state index in [0.29, 0.717) is 0 Å². The monoisotopic (exact) mass is 268 g/mol. The Morgan fingerprint density at radius 3 is 2.55 bits per heavy atom. The summed E-state index contributed by atoms with van der Waals surface area (Å²) >= 11 is 0.0431. The number of aromatic nitrogens is 3. The molecule has 1 heterocycles. The van der Waals surface area contributed by atoms with Gasteiger partial charge in [0.25, 0.3) is 0 Å². The van der Waals surface area contributed by atoms with Crippen LogP contribution in [0.25, 0.3) is 0 Å². The van der Waals surface area contributed by atoms with Crippen molar-refractivity contribution in [1.29, 1.82) is 0 Å². The van der Waals surface area contributed by atoms with Gasteiger partial charge >= 0.3 is 74.9 Å². The number of nitrogens with zero attached hydrogens (tertiary/aromatic N) is 1. The first-order chi connectivity index (χ1) is 5.06. The maximum absolute atomic E-state index is 10.7. The number of halogens is 1. The van der Waals surface area contributed by atoms with Crippen LogP contribution in [0.1, 0.15) is 19.7 Å². The van der Waals surface area contributed by atoms with Gasteiger partial charge in [0, 0.05) is 0 Å². The van der Waals surface area contributed by atoms with Gasteiger partial charge in [-0.3, -0.25) is 0 Å². The van der Waals surface area contributed by atoms with Crippen LogP contribution in [0.3, 0.4) is 0 Å². The van der Waals surface area contributed by atoms with Gasteiger partial charge < -0.3 is 0 Å². The van der Waals surface area contributed by atoms with E-state index in [1.54, 1.807) is 0 Å². The summed E-state index contributed by atoms with van der Waals surface area (Å²) in [7, 11) is 0. The third-order valence-electron chi connectivity index (χ3n) is 1.54. The Labute approximate surface area is 75.1 Å². The molecule has 4 nitrogen and oxygen atoms in total. The minimum absolute atomic E-state index is 0.0431. The van der Waals surface area contributed by atoms with Crippen molar-refractivity contribution in [2.75, 3.05) is 4.93 Å². The zero-order valence-corrected chi connectivity index (χ0v) is 8.89. The third kappa shape index (κ3) is 1.82. The van der Waals surface area contributed by atoms with Crippen LogP contribution in [-0.4, -0.2) is 20.1 Å². The van der Waals surface area contributed by atoms with Crippen molar-refractivity contribution in [2.24, 2.45) is 0 Å².